The molecule has 2 N–H and O–H groups in total. The minimum absolute atomic E-state index is 0.0415. The van der Waals surface area contributed by atoms with Crippen molar-refractivity contribution < 1.29 is 14.9 Å². The topological polar surface area (TPSA) is 49.7 Å². The van der Waals surface area contributed by atoms with Crippen LogP contribution >= 0.6 is 15.9 Å². The molecule has 0 radical (unpaired) electrons. The van der Waals surface area contributed by atoms with E-state index in [2.05, 4.69) is 15.9 Å². The van der Waals surface area contributed by atoms with Gasteiger partial charge in [-0.2, -0.15) is 0 Å². The Morgan fingerprint density at radius 2 is 2.00 bits per heavy atom. The first-order valence-electron chi connectivity index (χ1n) is 4.60. The molecule has 84 valence electrons. The highest BCUT2D eigenvalue weighted by atomic mass is 79.9. The van der Waals surface area contributed by atoms with Gasteiger partial charge in [0.05, 0.1) is 18.2 Å². The molecule has 0 bridgehead atoms. The van der Waals surface area contributed by atoms with Crippen molar-refractivity contribution in [1.82, 2.24) is 0 Å². The SMILES string of the molecule is COc1cc(Br)c(O)c(C(C)(C)CO)c1. The number of aromatic hydroxyl groups is 1. The summed E-state index contributed by atoms with van der Waals surface area (Å²) >= 11 is 3.25. The third-order valence-corrected chi connectivity index (χ3v) is 3.00. The quantitative estimate of drug-likeness (QED) is 0.890. The van der Waals surface area contributed by atoms with Crippen LogP contribution in [0.4, 0.5) is 0 Å². The summed E-state index contributed by atoms with van der Waals surface area (Å²) in [5.41, 5.74) is 0.164. The Morgan fingerprint density at radius 1 is 1.40 bits per heavy atom. The number of hydrogen-bond acceptors (Lipinski definition) is 3. The Kier molecular flexibility index (Phi) is 3.62. The maximum atomic E-state index is 9.87. The average molecular weight is 275 g/mol. The second-order valence-corrected chi connectivity index (χ2v) is 4.90. The third-order valence-electron chi connectivity index (χ3n) is 2.40. The number of methoxy groups -OCH3 is 1. The molecule has 1 rings (SSSR count). The van der Waals surface area contributed by atoms with E-state index in [0.29, 0.717) is 15.8 Å². The van der Waals surface area contributed by atoms with E-state index in [0.717, 1.165) is 0 Å². The highest BCUT2D eigenvalue weighted by Crippen LogP contribution is 2.39. The molecule has 0 aliphatic heterocycles. The van der Waals surface area contributed by atoms with E-state index >= 15 is 0 Å². The lowest BCUT2D eigenvalue weighted by atomic mass is 9.85. The number of aliphatic hydroxyl groups is 1. The van der Waals surface area contributed by atoms with Crippen molar-refractivity contribution in [2.24, 2.45) is 0 Å². The first-order chi connectivity index (χ1) is 6.92. The van der Waals surface area contributed by atoms with Gasteiger partial charge in [0.1, 0.15) is 11.5 Å². The van der Waals surface area contributed by atoms with Crippen molar-refractivity contribution in [3.05, 3.63) is 22.2 Å². The Balaban J connectivity index is 3.34. The molecule has 0 amide bonds. The predicted molar refractivity (Wildman–Crippen MR) is 62.5 cm³/mol. The van der Waals surface area contributed by atoms with Crippen LogP contribution in [0.1, 0.15) is 19.4 Å². The fourth-order valence-electron chi connectivity index (χ4n) is 1.29. The van der Waals surface area contributed by atoms with E-state index < -0.39 is 5.41 Å². The summed E-state index contributed by atoms with van der Waals surface area (Å²) in [6.45, 7) is 3.67. The Morgan fingerprint density at radius 3 is 2.47 bits per heavy atom. The van der Waals surface area contributed by atoms with E-state index in [1.165, 1.54) is 0 Å². The van der Waals surface area contributed by atoms with Crippen molar-refractivity contribution in [3.8, 4) is 11.5 Å². The molecule has 0 saturated heterocycles. The number of hydrogen-bond donors (Lipinski definition) is 2. The van der Waals surface area contributed by atoms with Crippen LogP contribution in [0.15, 0.2) is 16.6 Å². The summed E-state index contributed by atoms with van der Waals surface area (Å²) in [5, 5.41) is 19.1. The first-order valence-corrected chi connectivity index (χ1v) is 5.39. The lowest BCUT2D eigenvalue weighted by Gasteiger charge is -2.24. The number of rotatable bonds is 3. The number of benzene rings is 1. The van der Waals surface area contributed by atoms with E-state index in [-0.39, 0.29) is 12.4 Å². The molecule has 0 saturated carbocycles. The number of phenolic OH excluding ortho intramolecular Hbond substituents is 1. The molecule has 4 heteroatoms. The maximum absolute atomic E-state index is 9.87. The van der Waals surface area contributed by atoms with Crippen molar-refractivity contribution in [2.45, 2.75) is 19.3 Å². The Hall–Kier alpha value is -0.740. The molecule has 0 aromatic heterocycles. The van der Waals surface area contributed by atoms with Gasteiger partial charge in [0.25, 0.3) is 0 Å². The van der Waals surface area contributed by atoms with Gasteiger partial charge in [-0.15, -0.1) is 0 Å². The molecule has 0 aliphatic rings. The molecule has 1 aromatic rings. The fourth-order valence-corrected chi connectivity index (χ4v) is 1.73. The van der Waals surface area contributed by atoms with Crippen molar-refractivity contribution in [1.29, 1.82) is 0 Å². The Bertz CT molecular complexity index is 361. The van der Waals surface area contributed by atoms with E-state index in [9.17, 15) is 10.2 Å². The lowest BCUT2D eigenvalue weighted by molar-refractivity contribution is 0.215. The van der Waals surface area contributed by atoms with Crippen LogP contribution in [0.5, 0.6) is 11.5 Å². The number of phenols is 1. The van der Waals surface area contributed by atoms with Crippen LogP contribution < -0.4 is 4.74 Å². The standard InChI is InChI=1S/C11H15BrO3/c1-11(2,6-13)8-4-7(15-3)5-9(12)10(8)14/h4-5,13-14H,6H2,1-3H3. The summed E-state index contributed by atoms with van der Waals surface area (Å²) in [6, 6.07) is 3.42. The van der Waals surface area contributed by atoms with Gasteiger partial charge in [0.2, 0.25) is 0 Å². The minimum atomic E-state index is -0.499. The van der Waals surface area contributed by atoms with Gasteiger partial charge in [-0.3, -0.25) is 0 Å². The average Bonchev–Trinajstić information content (AvgIpc) is 2.21. The zero-order valence-corrected chi connectivity index (χ0v) is 10.6. The smallest absolute Gasteiger partial charge is 0.133 e. The van der Waals surface area contributed by atoms with Crippen LogP contribution in [-0.2, 0) is 5.41 Å². The van der Waals surface area contributed by atoms with E-state index in [4.69, 9.17) is 4.74 Å². The second-order valence-electron chi connectivity index (χ2n) is 4.05. The summed E-state index contributed by atoms with van der Waals surface area (Å²) in [4.78, 5) is 0. The van der Waals surface area contributed by atoms with Crippen molar-refractivity contribution >= 4 is 15.9 Å². The molecular weight excluding hydrogens is 260 g/mol. The van der Waals surface area contributed by atoms with E-state index in [1.54, 1.807) is 19.2 Å². The minimum Gasteiger partial charge on any atom is -0.506 e. The number of aliphatic hydroxyl groups excluding tert-OH is 1. The largest absolute Gasteiger partial charge is 0.506 e. The highest BCUT2D eigenvalue weighted by Gasteiger charge is 2.25. The van der Waals surface area contributed by atoms with Gasteiger partial charge in [-0.1, -0.05) is 13.8 Å². The van der Waals surface area contributed by atoms with Crippen LogP contribution in [0.2, 0.25) is 0 Å². The lowest BCUT2D eigenvalue weighted by Crippen LogP contribution is -2.22. The molecule has 15 heavy (non-hydrogen) atoms. The molecule has 0 unspecified atom stereocenters. The molecular formula is C11H15BrO3. The molecule has 1 aromatic carbocycles. The number of halogens is 1. The molecule has 0 spiro atoms. The van der Waals surface area contributed by atoms with Gasteiger partial charge in [-0.05, 0) is 28.1 Å². The van der Waals surface area contributed by atoms with Crippen LogP contribution in [-0.4, -0.2) is 23.9 Å². The van der Waals surface area contributed by atoms with Gasteiger partial charge >= 0.3 is 0 Å². The van der Waals surface area contributed by atoms with Gasteiger partial charge in [-0.25, -0.2) is 0 Å². The van der Waals surface area contributed by atoms with Crippen LogP contribution in [0.3, 0.4) is 0 Å². The van der Waals surface area contributed by atoms with Crippen molar-refractivity contribution in [3.63, 3.8) is 0 Å². The molecule has 0 fully saturated rings. The van der Waals surface area contributed by atoms with Gasteiger partial charge < -0.3 is 14.9 Å². The van der Waals surface area contributed by atoms with Gasteiger partial charge in [0.15, 0.2) is 0 Å². The second kappa shape index (κ2) is 4.41. The highest BCUT2D eigenvalue weighted by molar-refractivity contribution is 9.10. The molecule has 0 aliphatic carbocycles. The van der Waals surface area contributed by atoms with Crippen LogP contribution in [0.25, 0.3) is 0 Å². The maximum Gasteiger partial charge on any atom is 0.133 e. The number of ether oxygens (including phenoxy) is 1. The molecule has 3 nitrogen and oxygen atoms in total. The monoisotopic (exact) mass is 274 g/mol. The summed E-state index contributed by atoms with van der Waals surface area (Å²) in [6.07, 6.45) is 0. The summed E-state index contributed by atoms with van der Waals surface area (Å²) in [7, 11) is 1.56. The summed E-state index contributed by atoms with van der Waals surface area (Å²) in [5.74, 6) is 0.797. The molecule has 0 heterocycles. The van der Waals surface area contributed by atoms with Gasteiger partial charge in [0, 0.05) is 11.0 Å². The predicted octanol–water partition coefficient (Wildman–Crippen LogP) is 2.43. The summed E-state index contributed by atoms with van der Waals surface area (Å²) < 4.78 is 5.68. The van der Waals surface area contributed by atoms with Crippen molar-refractivity contribution in [2.75, 3.05) is 13.7 Å². The normalized spacial score (nSPS) is 11.5. The fraction of sp³-hybridized carbons (Fsp3) is 0.455. The first kappa shape index (κ1) is 12.3. The van der Waals surface area contributed by atoms with E-state index in [1.807, 2.05) is 13.8 Å². The van der Waals surface area contributed by atoms with Crippen LogP contribution in [0, 0.1) is 0 Å². The molecule has 0 atom stereocenters. The zero-order valence-electron chi connectivity index (χ0n) is 9.04. The third kappa shape index (κ3) is 2.44. The zero-order chi connectivity index (χ0) is 11.6. The Labute approximate surface area is 97.8 Å².